The zero-order chi connectivity index (χ0) is 11.4. The Morgan fingerprint density at radius 3 is 2.56 bits per heavy atom. The predicted molar refractivity (Wildman–Crippen MR) is 66.6 cm³/mol. The monoisotopic (exact) mass is 219 g/mol. The van der Waals surface area contributed by atoms with Gasteiger partial charge in [0, 0.05) is 12.6 Å². The van der Waals surface area contributed by atoms with Crippen LogP contribution in [-0.4, -0.2) is 13.2 Å². The molecule has 1 N–H and O–H groups in total. The molecule has 1 aromatic rings. The first-order valence-corrected chi connectivity index (χ1v) is 6.14. The first-order chi connectivity index (χ1) is 7.78. The number of hydrogen-bond donors (Lipinski definition) is 1. The van der Waals surface area contributed by atoms with Crippen molar-refractivity contribution in [1.29, 1.82) is 0 Å². The summed E-state index contributed by atoms with van der Waals surface area (Å²) in [4.78, 5) is 0. The van der Waals surface area contributed by atoms with Crippen LogP contribution in [0.5, 0.6) is 5.75 Å². The molecule has 2 atom stereocenters. The van der Waals surface area contributed by atoms with Crippen LogP contribution in [0.25, 0.3) is 0 Å². The van der Waals surface area contributed by atoms with Crippen LogP contribution < -0.4 is 10.1 Å². The van der Waals surface area contributed by atoms with Gasteiger partial charge in [0.25, 0.3) is 0 Å². The summed E-state index contributed by atoms with van der Waals surface area (Å²) in [5.74, 6) is 1.83. The average Bonchev–Trinajstić information content (AvgIpc) is 2.73. The maximum absolute atomic E-state index is 5.14. The van der Waals surface area contributed by atoms with E-state index in [4.69, 9.17) is 4.74 Å². The minimum absolute atomic E-state index is 0.720. The van der Waals surface area contributed by atoms with E-state index in [1.54, 1.807) is 7.11 Å². The smallest absolute Gasteiger partial charge is 0.118 e. The molecule has 1 aliphatic carbocycles. The van der Waals surface area contributed by atoms with Crippen LogP contribution in [0.2, 0.25) is 0 Å². The molecule has 0 spiro atoms. The summed E-state index contributed by atoms with van der Waals surface area (Å²) in [6.07, 6.45) is 4.04. The van der Waals surface area contributed by atoms with Crippen molar-refractivity contribution < 1.29 is 4.74 Å². The first kappa shape index (κ1) is 11.5. The van der Waals surface area contributed by atoms with Crippen LogP contribution in [0.3, 0.4) is 0 Å². The fourth-order valence-electron chi connectivity index (χ4n) is 2.40. The lowest BCUT2D eigenvalue weighted by Gasteiger charge is -2.12. The van der Waals surface area contributed by atoms with Gasteiger partial charge in [-0.3, -0.25) is 0 Å². The Kier molecular flexibility index (Phi) is 3.83. The molecule has 2 heteroatoms. The SMILES string of the molecule is COc1ccc(CN[C@@H]2CC[C@@H](C)C2)cc1. The van der Waals surface area contributed by atoms with Gasteiger partial charge in [0.2, 0.25) is 0 Å². The van der Waals surface area contributed by atoms with E-state index >= 15 is 0 Å². The van der Waals surface area contributed by atoms with Gasteiger partial charge in [0.1, 0.15) is 5.75 Å². The van der Waals surface area contributed by atoms with Crippen molar-refractivity contribution in [2.24, 2.45) is 5.92 Å². The molecular weight excluding hydrogens is 198 g/mol. The number of methoxy groups -OCH3 is 1. The highest BCUT2D eigenvalue weighted by atomic mass is 16.5. The average molecular weight is 219 g/mol. The zero-order valence-corrected chi connectivity index (χ0v) is 10.2. The Hall–Kier alpha value is -1.02. The first-order valence-electron chi connectivity index (χ1n) is 6.14. The summed E-state index contributed by atoms with van der Waals surface area (Å²) in [7, 11) is 1.70. The molecule has 2 rings (SSSR count). The summed E-state index contributed by atoms with van der Waals surface area (Å²) in [6, 6.07) is 9.02. The van der Waals surface area contributed by atoms with E-state index in [0.29, 0.717) is 0 Å². The Morgan fingerprint density at radius 1 is 1.25 bits per heavy atom. The molecule has 0 saturated heterocycles. The molecule has 0 radical (unpaired) electrons. The van der Waals surface area contributed by atoms with E-state index in [1.807, 2.05) is 12.1 Å². The maximum atomic E-state index is 5.14. The second-order valence-electron chi connectivity index (χ2n) is 4.84. The number of rotatable bonds is 4. The zero-order valence-electron chi connectivity index (χ0n) is 10.2. The number of ether oxygens (including phenoxy) is 1. The second-order valence-corrected chi connectivity index (χ2v) is 4.84. The van der Waals surface area contributed by atoms with Crippen molar-refractivity contribution in [1.82, 2.24) is 5.32 Å². The molecule has 1 saturated carbocycles. The fraction of sp³-hybridized carbons (Fsp3) is 0.571. The fourth-order valence-corrected chi connectivity index (χ4v) is 2.40. The molecule has 0 aliphatic heterocycles. The summed E-state index contributed by atoms with van der Waals surface area (Å²) < 4.78 is 5.14. The highest BCUT2D eigenvalue weighted by Gasteiger charge is 2.20. The third kappa shape index (κ3) is 2.99. The summed E-state index contributed by atoms with van der Waals surface area (Å²) in [5.41, 5.74) is 1.33. The van der Waals surface area contributed by atoms with Crippen molar-refractivity contribution in [2.45, 2.75) is 38.8 Å². The van der Waals surface area contributed by atoms with Crippen LogP contribution in [0.1, 0.15) is 31.7 Å². The summed E-state index contributed by atoms with van der Waals surface area (Å²) in [5, 5.41) is 3.62. The van der Waals surface area contributed by atoms with Gasteiger partial charge >= 0.3 is 0 Å². The highest BCUT2D eigenvalue weighted by molar-refractivity contribution is 5.27. The van der Waals surface area contributed by atoms with Crippen LogP contribution in [0.15, 0.2) is 24.3 Å². The van der Waals surface area contributed by atoms with Gasteiger partial charge in [0.15, 0.2) is 0 Å². The lowest BCUT2D eigenvalue weighted by molar-refractivity contribution is 0.414. The third-order valence-corrected chi connectivity index (χ3v) is 3.45. The van der Waals surface area contributed by atoms with E-state index in [0.717, 1.165) is 24.3 Å². The van der Waals surface area contributed by atoms with Crippen molar-refractivity contribution in [3.63, 3.8) is 0 Å². The third-order valence-electron chi connectivity index (χ3n) is 3.45. The van der Waals surface area contributed by atoms with Gasteiger partial charge in [-0.05, 0) is 42.9 Å². The second kappa shape index (κ2) is 5.35. The molecule has 1 fully saturated rings. The predicted octanol–water partition coefficient (Wildman–Crippen LogP) is 2.97. The number of nitrogens with one attached hydrogen (secondary N) is 1. The van der Waals surface area contributed by atoms with E-state index in [9.17, 15) is 0 Å². The minimum Gasteiger partial charge on any atom is -0.497 e. The Morgan fingerprint density at radius 2 is 2.00 bits per heavy atom. The van der Waals surface area contributed by atoms with Gasteiger partial charge in [-0.25, -0.2) is 0 Å². The molecule has 16 heavy (non-hydrogen) atoms. The van der Waals surface area contributed by atoms with Gasteiger partial charge in [0.05, 0.1) is 7.11 Å². The summed E-state index contributed by atoms with van der Waals surface area (Å²) >= 11 is 0. The van der Waals surface area contributed by atoms with E-state index in [2.05, 4.69) is 24.4 Å². The van der Waals surface area contributed by atoms with Crippen molar-refractivity contribution in [3.8, 4) is 5.75 Å². The van der Waals surface area contributed by atoms with Gasteiger partial charge in [-0.2, -0.15) is 0 Å². The van der Waals surface area contributed by atoms with Crippen molar-refractivity contribution in [3.05, 3.63) is 29.8 Å². The molecule has 0 heterocycles. The molecule has 1 aliphatic rings. The number of hydrogen-bond acceptors (Lipinski definition) is 2. The Labute approximate surface area is 98.0 Å². The quantitative estimate of drug-likeness (QED) is 0.840. The molecule has 0 aromatic heterocycles. The van der Waals surface area contributed by atoms with Crippen LogP contribution in [0, 0.1) is 5.92 Å². The molecule has 0 bridgehead atoms. The Bertz CT molecular complexity index is 320. The van der Waals surface area contributed by atoms with Gasteiger partial charge < -0.3 is 10.1 Å². The lowest BCUT2D eigenvalue weighted by atomic mass is 10.1. The molecule has 0 unspecified atom stereocenters. The van der Waals surface area contributed by atoms with Crippen LogP contribution in [-0.2, 0) is 6.54 Å². The normalized spacial score (nSPS) is 24.6. The van der Waals surface area contributed by atoms with E-state index in [-0.39, 0.29) is 0 Å². The molecule has 0 amide bonds. The van der Waals surface area contributed by atoms with E-state index < -0.39 is 0 Å². The summed E-state index contributed by atoms with van der Waals surface area (Å²) in [6.45, 7) is 3.32. The lowest BCUT2D eigenvalue weighted by Crippen LogP contribution is -2.25. The van der Waals surface area contributed by atoms with E-state index in [1.165, 1.54) is 24.8 Å². The molecule has 88 valence electrons. The molecule has 2 nitrogen and oxygen atoms in total. The topological polar surface area (TPSA) is 21.3 Å². The Balaban J connectivity index is 1.80. The number of benzene rings is 1. The standard InChI is InChI=1S/C14H21NO/c1-11-3-6-13(9-11)15-10-12-4-7-14(16-2)8-5-12/h4-5,7-8,11,13,15H,3,6,9-10H2,1-2H3/t11-,13-/m1/s1. The highest BCUT2D eigenvalue weighted by Crippen LogP contribution is 2.24. The van der Waals surface area contributed by atoms with Gasteiger partial charge in [-0.1, -0.05) is 19.1 Å². The van der Waals surface area contributed by atoms with Gasteiger partial charge in [-0.15, -0.1) is 0 Å². The molecule has 1 aromatic carbocycles. The van der Waals surface area contributed by atoms with Crippen molar-refractivity contribution in [2.75, 3.05) is 7.11 Å². The van der Waals surface area contributed by atoms with Crippen LogP contribution >= 0.6 is 0 Å². The van der Waals surface area contributed by atoms with Crippen molar-refractivity contribution >= 4 is 0 Å². The molecular formula is C14H21NO. The van der Waals surface area contributed by atoms with Crippen LogP contribution in [0.4, 0.5) is 0 Å². The largest absolute Gasteiger partial charge is 0.497 e. The maximum Gasteiger partial charge on any atom is 0.118 e. The minimum atomic E-state index is 0.720.